The maximum absolute atomic E-state index is 12.2. The number of ether oxygens (including phenoxy) is 2. The lowest BCUT2D eigenvalue weighted by atomic mass is 10.1. The molecule has 0 amide bonds. The largest absolute Gasteiger partial charge is 0.494 e. The SMILES string of the molecule is CCCOc1ccc(/C=C/C(=O)c2ccc(OC(C)C(=O)O)cc2)cc1. The summed E-state index contributed by atoms with van der Waals surface area (Å²) in [4.78, 5) is 23.0. The van der Waals surface area contributed by atoms with E-state index in [9.17, 15) is 9.59 Å². The summed E-state index contributed by atoms with van der Waals surface area (Å²) in [5, 5.41) is 8.83. The van der Waals surface area contributed by atoms with Crippen LogP contribution in [0.1, 0.15) is 36.2 Å². The van der Waals surface area contributed by atoms with E-state index in [-0.39, 0.29) is 5.78 Å². The van der Waals surface area contributed by atoms with Crippen molar-refractivity contribution in [2.45, 2.75) is 26.4 Å². The van der Waals surface area contributed by atoms with Gasteiger partial charge >= 0.3 is 5.97 Å². The highest BCUT2D eigenvalue weighted by Crippen LogP contribution is 2.16. The summed E-state index contributed by atoms with van der Waals surface area (Å²) >= 11 is 0. The maximum Gasteiger partial charge on any atom is 0.344 e. The molecule has 0 heterocycles. The first-order valence-electron chi connectivity index (χ1n) is 8.44. The smallest absolute Gasteiger partial charge is 0.344 e. The van der Waals surface area contributed by atoms with Gasteiger partial charge in [-0.1, -0.05) is 25.1 Å². The molecule has 2 aromatic rings. The zero-order valence-electron chi connectivity index (χ0n) is 14.8. The lowest BCUT2D eigenvalue weighted by Crippen LogP contribution is -2.22. The highest BCUT2D eigenvalue weighted by molar-refractivity contribution is 6.06. The van der Waals surface area contributed by atoms with Crippen molar-refractivity contribution in [1.29, 1.82) is 0 Å². The summed E-state index contributed by atoms with van der Waals surface area (Å²) in [6.07, 6.45) is 3.25. The van der Waals surface area contributed by atoms with Crippen molar-refractivity contribution < 1.29 is 24.2 Å². The second kappa shape index (κ2) is 9.42. The fourth-order valence-electron chi connectivity index (χ4n) is 2.12. The van der Waals surface area contributed by atoms with Gasteiger partial charge in [0.05, 0.1) is 6.61 Å². The molecule has 5 heteroatoms. The molecule has 2 aromatic carbocycles. The van der Waals surface area contributed by atoms with E-state index in [4.69, 9.17) is 14.6 Å². The Morgan fingerprint density at radius 3 is 2.23 bits per heavy atom. The van der Waals surface area contributed by atoms with E-state index < -0.39 is 12.1 Å². The van der Waals surface area contributed by atoms with E-state index in [2.05, 4.69) is 0 Å². The topological polar surface area (TPSA) is 72.8 Å². The average molecular weight is 354 g/mol. The molecular weight excluding hydrogens is 332 g/mol. The monoisotopic (exact) mass is 354 g/mol. The van der Waals surface area contributed by atoms with Crippen molar-refractivity contribution in [2.24, 2.45) is 0 Å². The van der Waals surface area contributed by atoms with Crippen LogP contribution >= 0.6 is 0 Å². The minimum absolute atomic E-state index is 0.144. The van der Waals surface area contributed by atoms with Gasteiger partial charge in [-0.15, -0.1) is 0 Å². The zero-order chi connectivity index (χ0) is 18.9. The third-order valence-corrected chi connectivity index (χ3v) is 3.58. The molecule has 26 heavy (non-hydrogen) atoms. The molecule has 136 valence electrons. The molecule has 0 fully saturated rings. The van der Waals surface area contributed by atoms with Gasteiger partial charge in [-0.05, 0) is 61.4 Å². The van der Waals surface area contributed by atoms with Crippen molar-refractivity contribution in [2.75, 3.05) is 6.61 Å². The number of ketones is 1. The van der Waals surface area contributed by atoms with Gasteiger partial charge in [0.25, 0.3) is 0 Å². The van der Waals surface area contributed by atoms with Gasteiger partial charge in [-0.3, -0.25) is 4.79 Å². The normalized spacial score (nSPS) is 11.9. The van der Waals surface area contributed by atoms with Crippen LogP contribution in [0.4, 0.5) is 0 Å². The summed E-state index contributed by atoms with van der Waals surface area (Å²) in [7, 11) is 0. The van der Waals surface area contributed by atoms with Gasteiger partial charge in [0.1, 0.15) is 11.5 Å². The third kappa shape index (κ3) is 5.77. The summed E-state index contributed by atoms with van der Waals surface area (Å²) in [5.74, 6) is 0.0259. The molecule has 0 bridgehead atoms. The van der Waals surface area contributed by atoms with Crippen molar-refractivity contribution in [3.05, 3.63) is 65.7 Å². The molecule has 1 unspecified atom stereocenters. The van der Waals surface area contributed by atoms with Crippen LogP contribution < -0.4 is 9.47 Å². The third-order valence-electron chi connectivity index (χ3n) is 3.58. The number of rotatable bonds is 9. The minimum Gasteiger partial charge on any atom is -0.494 e. The summed E-state index contributed by atoms with van der Waals surface area (Å²) < 4.78 is 10.8. The quantitative estimate of drug-likeness (QED) is 0.539. The first kappa shape index (κ1) is 19.2. The van der Waals surface area contributed by atoms with Crippen molar-refractivity contribution in [1.82, 2.24) is 0 Å². The molecule has 0 spiro atoms. The molecule has 0 aliphatic rings. The van der Waals surface area contributed by atoms with Gasteiger partial charge < -0.3 is 14.6 Å². The molecule has 0 radical (unpaired) electrons. The molecule has 0 saturated carbocycles. The molecule has 0 saturated heterocycles. The highest BCUT2D eigenvalue weighted by Gasteiger charge is 2.12. The zero-order valence-corrected chi connectivity index (χ0v) is 14.8. The summed E-state index contributed by atoms with van der Waals surface area (Å²) in [6.45, 7) is 4.18. The minimum atomic E-state index is -1.04. The first-order valence-corrected chi connectivity index (χ1v) is 8.44. The molecule has 1 atom stereocenters. The Hall–Kier alpha value is -3.08. The number of aliphatic carboxylic acids is 1. The molecule has 0 aromatic heterocycles. The van der Waals surface area contributed by atoms with Crippen LogP contribution in [0.3, 0.4) is 0 Å². The maximum atomic E-state index is 12.2. The van der Waals surface area contributed by atoms with Gasteiger partial charge in [0.2, 0.25) is 0 Å². The Morgan fingerprint density at radius 2 is 1.65 bits per heavy atom. The lowest BCUT2D eigenvalue weighted by molar-refractivity contribution is -0.144. The predicted octanol–water partition coefficient (Wildman–Crippen LogP) is 4.22. The number of hydrogen-bond donors (Lipinski definition) is 1. The number of carbonyl (C=O) groups excluding carboxylic acids is 1. The summed E-state index contributed by atoms with van der Waals surface area (Å²) in [5.41, 5.74) is 1.40. The second-order valence-corrected chi connectivity index (χ2v) is 5.74. The van der Waals surface area contributed by atoms with E-state index >= 15 is 0 Å². The standard InChI is InChI=1S/C21H22O5/c1-3-14-25-18-9-4-16(5-10-18)6-13-20(22)17-7-11-19(12-8-17)26-15(2)21(23)24/h4-13,15H,3,14H2,1-2H3,(H,23,24)/b13-6+. The van der Waals surface area contributed by atoms with Gasteiger partial charge in [-0.2, -0.15) is 0 Å². The molecular formula is C21H22O5. The van der Waals surface area contributed by atoms with E-state index in [0.29, 0.717) is 17.9 Å². The van der Waals surface area contributed by atoms with E-state index in [1.165, 1.54) is 13.0 Å². The van der Waals surface area contributed by atoms with Crippen molar-refractivity contribution in [3.8, 4) is 11.5 Å². The number of benzene rings is 2. The number of hydrogen-bond acceptors (Lipinski definition) is 4. The van der Waals surface area contributed by atoms with E-state index in [1.54, 1.807) is 30.3 Å². The second-order valence-electron chi connectivity index (χ2n) is 5.74. The highest BCUT2D eigenvalue weighted by atomic mass is 16.5. The number of carboxylic acid groups (broad SMARTS) is 1. The van der Waals surface area contributed by atoms with Gasteiger partial charge in [0, 0.05) is 5.56 Å². The Morgan fingerprint density at radius 1 is 1.04 bits per heavy atom. The molecule has 0 aliphatic carbocycles. The predicted molar refractivity (Wildman–Crippen MR) is 99.8 cm³/mol. The average Bonchev–Trinajstić information content (AvgIpc) is 2.65. The van der Waals surface area contributed by atoms with Crippen LogP contribution in [0.2, 0.25) is 0 Å². The molecule has 1 N–H and O–H groups in total. The van der Waals surface area contributed by atoms with Crippen LogP contribution in [0.5, 0.6) is 11.5 Å². The fourth-order valence-corrected chi connectivity index (χ4v) is 2.12. The van der Waals surface area contributed by atoms with Crippen molar-refractivity contribution in [3.63, 3.8) is 0 Å². The van der Waals surface area contributed by atoms with Crippen LogP contribution in [0.15, 0.2) is 54.6 Å². The van der Waals surface area contributed by atoms with E-state index in [0.717, 1.165) is 17.7 Å². The summed E-state index contributed by atoms with van der Waals surface area (Å²) in [6, 6.07) is 13.9. The van der Waals surface area contributed by atoms with Gasteiger partial charge in [0.15, 0.2) is 11.9 Å². The molecule has 0 aliphatic heterocycles. The molecule has 2 rings (SSSR count). The number of carbonyl (C=O) groups is 2. The van der Waals surface area contributed by atoms with E-state index in [1.807, 2.05) is 31.2 Å². The van der Waals surface area contributed by atoms with Crippen LogP contribution in [0, 0.1) is 0 Å². The Bertz CT molecular complexity index is 760. The molecule has 5 nitrogen and oxygen atoms in total. The van der Waals surface area contributed by atoms with Crippen molar-refractivity contribution >= 4 is 17.8 Å². The van der Waals surface area contributed by atoms with Gasteiger partial charge in [-0.25, -0.2) is 4.79 Å². The Kier molecular flexibility index (Phi) is 6.97. The Labute approximate surface area is 152 Å². The fraction of sp³-hybridized carbons (Fsp3) is 0.238. The number of carboxylic acids is 1. The Balaban J connectivity index is 1.96. The first-order chi connectivity index (χ1) is 12.5. The van der Waals surface area contributed by atoms with Crippen LogP contribution in [-0.2, 0) is 4.79 Å². The van der Waals surface area contributed by atoms with Crippen LogP contribution in [-0.4, -0.2) is 29.6 Å². The lowest BCUT2D eigenvalue weighted by Gasteiger charge is -2.10. The van der Waals surface area contributed by atoms with Crippen LogP contribution in [0.25, 0.3) is 6.08 Å². The number of allylic oxidation sites excluding steroid dienone is 1.